The number of allylic oxidation sites excluding steroid dienone is 3. The van der Waals surface area contributed by atoms with Crippen molar-refractivity contribution < 1.29 is 32.2 Å². The van der Waals surface area contributed by atoms with Crippen LogP contribution in [0, 0.1) is 5.92 Å². The third-order valence-electron chi connectivity index (χ3n) is 3.96. The third-order valence-corrected chi connectivity index (χ3v) is 4.24. The van der Waals surface area contributed by atoms with Crippen molar-refractivity contribution in [3.63, 3.8) is 0 Å². The fraction of sp³-hybridized carbons (Fsp3) is 0.278. The lowest BCUT2D eigenvalue weighted by molar-refractivity contribution is -0.274. The minimum Gasteiger partial charge on any atom is -0.418 e. The maximum atomic E-state index is 12.3. The van der Waals surface area contributed by atoms with Gasteiger partial charge in [0.1, 0.15) is 11.8 Å². The number of aromatic nitrogens is 2. The Balaban J connectivity index is 1.67. The molecule has 7 nitrogen and oxygen atoms in total. The van der Waals surface area contributed by atoms with Crippen molar-refractivity contribution in [2.24, 2.45) is 5.92 Å². The van der Waals surface area contributed by atoms with Gasteiger partial charge in [-0.3, -0.25) is 4.79 Å². The molecule has 0 fully saturated rings. The highest BCUT2D eigenvalue weighted by atomic mass is 35.5. The molecule has 0 saturated heterocycles. The summed E-state index contributed by atoms with van der Waals surface area (Å²) >= 11 is 5.82. The second-order valence-electron chi connectivity index (χ2n) is 6.05. The van der Waals surface area contributed by atoms with Crippen molar-refractivity contribution in [3.05, 3.63) is 53.4 Å². The Morgan fingerprint density at radius 2 is 2.07 bits per heavy atom. The summed E-state index contributed by atoms with van der Waals surface area (Å²) in [7, 11) is 0. The average molecular weight is 430 g/mol. The van der Waals surface area contributed by atoms with Crippen LogP contribution in [-0.4, -0.2) is 34.2 Å². The van der Waals surface area contributed by atoms with E-state index in [-0.39, 0.29) is 17.7 Å². The normalized spacial score (nSPS) is 17.6. The van der Waals surface area contributed by atoms with Crippen LogP contribution >= 0.6 is 11.6 Å². The van der Waals surface area contributed by atoms with Crippen LogP contribution in [0.2, 0.25) is 0 Å². The lowest BCUT2D eigenvalue weighted by atomic mass is 9.99. The molecule has 1 aliphatic carbocycles. The summed E-state index contributed by atoms with van der Waals surface area (Å²) in [6.45, 7) is -0.487. The number of carbonyl (C=O) groups excluding carboxylic acids is 1. The number of nitrogens with zero attached hydrogens (tertiary/aromatic N) is 2. The van der Waals surface area contributed by atoms with Crippen LogP contribution in [0.1, 0.15) is 18.4 Å². The molecule has 2 aromatic rings. The number of amides is 1. The van der Waals surface area contributed by atoms with Crippen LogP contribution < -0.4 is 10.1 Å². The number of alkyl halides is 3. The molecule has 11 heteroatoms. The molecule has 0 spiro atoms. The highest BCUT2D eigenvalue weighted by molar-refractivity contribution is 6.31. The van der Waals surface area contributed by atoms with E-state index in [2.05, 4.69) is 20.3 Å². The first-order valence-electron chi connectivity index (χ1n) is 8.40. The van der Waals surface area contributed by atoms with Crippen molar-refractivity contribution in [1.82, 2.24) is 15.5 Å². The molecular weight excluding hydrogens is 415 g/mol. The lowest BCUT2D eigenvalue weighted by Gasteiger charge is -2.18. The van der Waals surface area contributed by atoms with Crippen molar-refractivity contribution in [3.8, 4) is 17.2 Å². The highest BCUT2D eigenvalue weighted by Crippen LogP contribution is 2.27. The van der Waals surface area contributed by atoms with E-state index in [4.69, 9.17) is 16.0 Å². The van der Waals surface area contributed by atoms with E-state index in [1.807, 2.05) is 0 Å². The van der Waals surface area contributed by atoms with E-state index in [1.165, 1.54) is 12.1 Å². The zero-order valence-electron chi connectivity index (χ0n) is 14.7. The zero-order chi connectivity index (χ0) is 21.0. The predicted molar refractivity (Wildman–Crippen MR) is 95.6 cm³/mol. The Morgan fingerprint density at radius 1 is 1.34 bits per heavy atom. The third kappa shape index (κ3) is 5.58. The number of aliphatic hydroxyl groups is 1. The van der Waals surface area contributed by atoms with Gasteiger partial charge in [-0.2, -0.15) is 0 Å². The van der Waals surface area contributed by atoms with E-state index in [1.54, 1.807) is 18.2 Å². The van der Waals surface area contributed by atoms with Gasteiger partial charge in [0.25, 0.3) is 0 Å². The van der Waals surface area contributed by atoms with Gasteiger partial charge in [-0.1, -0.05) is 23.8 Å². The number of nitrogens with one attached hydrogen (secondary N) is 1. The lowest BCUT2D eigenvalue weighted by Crippen LogP contribution is -2.35. The van der Waals surface area contributed by atoms with Crippen LogP contribution in [0.15, 0.2) is 51.9 Å². The molecule has 1 unspecified atom stereocenters. The molecule has 154 valence electrons. The number of hydrogen-bond donors (Lipinski definition) is 2. The minimum absolute atomic E-state index is 0.0125. The van der Waals surface area contributed by atoms with E-state index in [0.717, 1.165) is 12.1 Å². The number of hydrogen-bond acceptors (Lipinski definition) is 6. The van der Waals surface area contributed by atoms with Gasteiger partial charge < -0.3 is 19.6 Å². The summed E-state index contributed by atoms with van der Waals surface area (Å²) in [6.07, 6.45) is 0.591. The summed E-state index contributed by atoms with van der Waals surface area (Å²) in [4.78, 5) is 12.3. The second-order valence-corrected chi connectivity index (χ2v) is 6.49. The first kappa shape index (κ1) is 20.9. The molecule has 3 rings (SSSR count). The van der Waals surface area contributed by atoms with Gasteiger partial charge in [-0.05, 0) is 36.8 Å². The Morgan fingerprint density at radius 3 is 2.66 bits per heavy atom. The van der Waals surface area contributed by atoms with Crippen molar-refractivity contribution in [1.29, 1.82) is 0 Å². The second kappa shape index (κ2) is 8.66. The van der Waals surface area contributed by atoms with Gasteiger partial charge in [-0.25, -0.2) is 0 Å². The molecule has 2 N–H and O–H groups in total. The predicted octanol–water partition coefficient (Wildman–Crippen LogP) is 3.48. The average Bonchev–Trinajstić information content (AvgIpc) is 3.15. The van der Waals surface area contributed by atoms with Crippen LogP contribution in [0.25, 0.3) is 11.5 Å². The van der Waals surface area contributed by atoms with E-state index in [9.17, 15) is 23.1 Å². The van der Waals surface area contributed by atoms with Gasteiger partial charge in [-0.15, -0.1) is 23.4 Å². The molecule has 1 aromatic heterocycles. The van der Waals surface area contributed by atoms with Crippen LogP contribution in [0.3, 0.4) is 0 Å². The molecule has 1 amide bonds. The molecule has 1 aliphatic rings. The van der Waals surface area contributed by atoms with Crippen LogP contribution in [0.4, 0.5) is 13.2 Å². The number of ether oxygens (including phenoxy) is 1. The monoisotopic (exact) mass is 429 g/mol. The molecule has 29 heavy (non-hydrogen) atoms. The first-order chi connectivity index (χ1) is 13.7. The molecule has 0 saturated carbocycles. The van der Waals surface area contributed by atoms with E-state index < -0.39 is 30.7 Å². The molecule has 2 atom stereocenters. The number of rotatable bonds is 6. The topological polar surface area (TPSA) is 97.5 Å². The highest BCUT2D eigenvalue weighted by Gasteiger charge is 2.31. The number of carbonyl (C=O) groups is 1. The fourth-order valence-electron chi connectivity index (χ4n) is 2.54. The molecule has 0 aliphatic heterocycles. The Labute approximate surface area is 167 Å². The number of halogens is 4. The van der Waals surface area contributed by atoms with Crippen LogP contribution in [0.5, 0.6) is 5.75 Å². The zero-order valence-corrected chi connectivity index (χ0v) is 15.4. The van der Waals surface area contributed by atoms with Crippen molar-refractivity contribution in [2.75, 3.05) is 6.61 Å². The number of aliphatic hydroxyl groups excluding tert-OH is 1. The quantitative estimate of drug-likeness (QED) is 0.729. The SMILES string of the molecule is O=C(N[C@@H](CO)c1nnc(-c2ccc(OC(F)(F)F)cc2)o1)C1C=CC(Cl)=CC1. The standard InChI is InChI=1S/C18H15ClF3N3O4/c19-12-5-1-10(2-6-12)15(27)23-14(9-26)17-25-24-16(28-17)11-3-7-13(8-4-11)29-18(20,21)22/h1,3-8,10,14,26H,2,9H2,(H,23,27)/t10?,14-/m0/s1. The molecule has 1 heterocycles. The molecule has 0 bridgehead atoms. The van der Waals surface area contributed by atoms with Crippen molar-refractivity contribution in [2.45, 2.75) is 18.8 Å². The summed E-state index contributed by atoms with van der Waals surface area (Å²) in [5, 5.41) is 20.3. The molecule has 1 aromatic carbocycles. The molecule has 0 radical (unpaired) electrons. The number of benzene rings is 1. The molecular formula is C18H15ClF3N3O4. The van der Waals surface area contributed by atoms with Crippen LogP contribution in [-0.2, 0) is 4.79 Å². The van der Waals surface area contributed by atoms with Crippen molar-refractivity contribution >= 4 is 17.5 Å². The van der Waals surface area contributed by atoms with E-state index in [0.29, 0.717) is 17.0 Å². The Hall–Kier alpha value is -2.85. The maximum absolute atomic E-state index is 12.3. The van der Waals surface area contributed by atoms with Gasteiger partial charge in [0.2, 0.25) is 17.7 Å². The maximum Gasteiger partial charge on any atom is 0.573 e. The van der Waals surface area contributed by atoms with Gasteiger partial charge >= 0.3 is 6.36 Å². The van der Waals surface area contributed by atoms with E-state index >= 15 is 0 Å². The summed E-state index contributed by atoms with van der Waals surface area (Å²) in [6, 6.07) is 3.89. The minimum atomic E-state index is -4.79. The van der Waals surface area contributed by atoms with Gasteiger partial charge in [0, 0.05) is 10.6 Å². The van der Waals surface area contributed by atoms with Gasteiger partial charge in [0.15, 0.2) is 0 Å². The summed E-state index contributed by atoms with van der Waals surface area (Å²) in [5.41, 5.74) is 0.344. The first-order valence-corrected chi connectivity index (χ1v) is 8.77. The smallest absolute Gasteiger partial charge is 0.418 e. The summed E-state index contributed by atoms with van der Waals surface area (Å²) in [5.74, 6) is -1.22. The fourth-order valence-corrected chi connectivity index (χ4v) is 2.71. The Bertz CT molecular complexity index is 925. The Kier molecular flexibility index (Phi) is 6.23. The largest absolute Gasteiger partial charge is 0.573 e. The van der Waals surface area contributed by atoms with Gasteiger partial charge in [0.05, 0.1) is 12.5 Å². The summed E-state index contributed by atoms with van der Waals surface area (Å²) < 4.78 is 45.9.